The summed E-state index contributed by atoms with van der Waals surface area (Å²) in [4.78, 5) is 27.0. The highest BCUT2D eigenvalue weighted by Gasteiger charge is 2.67. The summed E-state index contributed by atoms with van der Waals surface area (Å²) in [6, 6.07) is 6.94. The van der Waals surface area contributed by atoms with Crippen molar-refractivity contribution in [2.45, 2.75) is 89.3 Å². The number of methoxy groups -OCH3 is 1. The van der Waals surface area contributed by atoms with Gasteiger partial charge in [-0.1, -0.05) is 6.42 Å². The maximum atomic E-state index is 14.0. The Morgan fingerprint density at radius 2 is 1.66 bits per heavy atom. The summed E-state index contributed by atoms with van der Waals surface area (Å²) in [6.07, 6.45) is 2.53. The number of fused-ring (bicyclic) bond motifs is 1. The number of carbonyl (C=O) groups is 2. The van der Waals surface area contributed by atoms with E-state index in [2.05, 4.69) is 0 Å². The summed E-state index contributed by atoms with van der Waals surface area (Å²) in [6.45, 7) is 9.78. The zero-order chi connectivity index (χ0) is 23.5. The Kier molecular flexibility index (Phi) is 5.63. The molecular weight excluding hydrogens is 407 g/mol. The highest BCUT2D eigenvalue weighted by atomic mass is 16.7. The lowest BCUT2D eigenvalue weighted by molar-refractivity contribution is -0.174. The molecule has 32 heavy (non-hydrogen) atoms. The fourth-order valence-corrected chi connectivity index (χ4v) is 5.85. The first-order valence-electron chi connectivity index (χ1n) is 11.7. The van der Waals surface area contributed by atoms with Gasteiger partial charge in [-0.2, -0.15) is 0 Å². The van der Waals surface area contributed by atoms with Gasteiger partial charge in [0.25, 0.3) is 0 Å². The number of carbonyl (C=O) groups excluding carboxylic acids is 2. The number of hydrogen-bond acceptors (Lipinski definition) is 6. The van der Waals surface area contributed by atoms with Crippen LogP contribution >= 0.6 is 0 Å². The van der Waals surface area contributed by atoms with Crippen molar-refractivity contribution in [2.75, 3.05) is 7.11 Å². The molecule has 174 valence electrons. The SMILES string of the molecule is COc1ccc(C(=O)[C@H]2[C@H](B3OC(C)(C)C(C)(C)O3)CC[C@]3(C)C(=O)CCC[C@]23O)cc1. The van der Waals surface area contributed by atoms with E-state index in [0.29, 0.717) is 43.4 Å². The predicted molar refractivity (Wildman–Crippen MR) is 122 cm³/mol. The molecule has 3 aliphatic rings. The fraction of sp³-hybridized carbons (Fsp3) is 0.680. The van der Waals surface area contributed by atoms with Gasteiger partial charge in [0.05, 0.1) is 35.2 Å². The maximum absolute atomic E-state index is 14.0. The van der Waals surface area contributed by atoms with Gasteiger partial charge in [-0.3, -0.25) is 9.59 Å². The summed E-state index contributed by atoms with van der Waals surface area (Å²) < 4.78 is 17.9. The van der Waals surface area contributed by atoms with Gasteiger partial charge in [0.15, 0.2) is 5.78 Å². The van der Waals surface area contributed by atoms with E-state index in [0.717, 1.165) is 0 Å². The number of Topliss-reactive ketones (excluding diaryl/α,β-unsaturated/α-hetero) is 2. The van der Waals surface area contributed by atoms with Gasteiger partial charge in [0, 0.05) is 17.8 Å². The van der Waals surface area contributed by atoms with Gasteiger partial charge in [0.1, 0.15) is 11.5 Å². The Hall–Kier alpha value is -1.70. The third-order valence-electron chi connectivity index (χ3n) is 8.73. The minimum atomic E-state index is -1.44. The van der Waals surface area contributed by atoms with Crippen molar-refractivity contribution in [2.24, 2.45) is 11.3 Å². The molecule has 0 aromatic heterocycles. The predicted octanol–water partition coefficient (Wildman–Crippen LogP) is 4.24. The number of hydrogen-bond donors (Lipinski definition) is 1. The molecule has 3 fully saturated rings. The molecule has 6 nitrogen and oxygen atoms in total. The van der Waals surface area contributed by atoms with Crippen LogP contribution in [-0.2, 0) is 14.1 Å². The number of ether oxygens (including phenoxy) is 1. The molecular formula is C25H35BO6. The van der Waals surface area contributed by atoms with E-state index in [1.165, 1.54) is 0 Å². The summed E-state index contributed by atoms with van der Waals surface area (Å²) in [7, 11) is 0.950. The number of benzene rings is 1. The van der Waals surface area contributed by atoms with Gasteiger partial charge in [-0.25, -0.2) is 0 Å². The van der Waals surface area contributed by atoms with Crippen LogP contribution in [0.2, 0.25) is 5.82 Å². The largest absolute Gasteiger partial charge is 0.497 e. The zero-order valence-corrected chi connectivity index (χ0v) is 20.1. The molecule has 1 aromatic rings. The Morgan fingerprint density at radius 3 is 2.22 bits per heavy atom. The van der Waals surface area contributed by atoms with Crippen LogP contribution in [0.4, 0.5) is 0 Å². The summed E-state index contributed by atoms with van der Waals surface area (Å²) in [5, 5.41) is 12.1. The van der Waals surface area contributed by atoms with Crippen LogP contribution in [0.5, 0.6) is 5.75 Å². The molecule has 1 saturated heterocycles. The smallest absolute Gasteiger partial charge is 0.462 e. The van der Waals surface area contributed by atoms with E-state index in [9.17, 15) is 14.7 Å². The Balaban J connectivity index is 1.78. The summed E-state index contributed by atoms with van der Waals surface area (Å²) in [5.41, 5.74) is -2.98. The molecule has 0 spiro atoms. The third kappa shape index (κ3) is 3.36. The highest BCUT2D eigenvalue weighted by Crippen LogP contribution is 2.60. The van der Waals surface area contributed by atoms with Crippen LogP contribution in [0.15, 0.2) is 24.3 Å². The number of rotatable bonds is 4. The van der Waals surface area contributed by atoms with Crippen LogP contribution in [0.3, 0.4) is 0 Å². The van der Waals surface area contributed by atoms with Gasteiger partial charge < -0.3 is 19.2 Å². The molecule has 0 radical (unpaired) electrons. The van der Waals surface area contributed by atoms with E-state index in [1.54, 1.807) is 31.4 Å². The molecule has 0 unspecified atom stereocenters. The number of ketones is 2. The van der Waals surface area contributed by atoms with Crippen molar-refractivity contribution >= 4 is 18.7 Å². The average molecular weight is 442 g/mol. The monoisotopic (exact) mass is 442 g/mol. The fourth-order valence-electron chi connectivity index (χ4n) is 5.85. The van der Waals surface area contributed by atoms with E-state index >= 15 is 0 Å². The first kappa shape index (κ1) is 23.5. The van der Waals surface area contributed by atoms with Crippen molar-refractivity contribution in [1.82, 2.24) is 0 Å². The van der Waals surface area contributed by atoms with Crippen LogP contribution in [0.25, 0.3) is 0 Å². The first-order valence-corrected chi connectivity index (χ1v) is 11.7. The van der Waals surface area contributed by atoms with Crippen LogP contribution in [0.1, 0.15) is 77.1 Å². The molecule has 7 heteroatoms. The van der Waals surface area contributed by atoms with Gasteiger partial charge in [0.2, 0.25) is 0 Å². The van der Waals surface area contributed by atoms with Crippen molar-refractivity contribution in [3.05, 3.63) is 29.8 Å². The van der Waals surface area contributed by atoms with Crippen molar-refractivity contribution in [1.29, 1.82) is 0 Å². The Morgan fingerprint density at radius 1 is 1.06 bits per heavy atom. The molecule has 0 bridgehead atoms. The minimum Gasteiger partial charge on any atom is -0.497 e. The second kappa shape index (κ2) is 7.68. The van der Waals surface area contributed by atoms with Crippen LogP contribution < -0.4 is 4.74 Å². The molecule has 1 N–H and O–H groups in total. The zero-order valence-electron chi connectivity index (χ0n) is 20.1. The standard InChI is InChI=1S/C25H35BO6/c1-22(2)23(3,4)32-26(31-22)18-13-15-24(5)19(27)8-7-14-25(24,29)20(18)21(28)16-9-11-17(30-6)12-10-16/h9-12,18,20,29H,7-8,13-15H2,1-6H3/t18-,20-,24-,25+/m1/s1. The minimum absolute atomic E-state index is 0.0474. The van der Waals surface area contributed by atoms with E-state index in [-0.39, 0.29) is 17.4 Å². The van der Waals surface area contributed by atoms with Crippen LogP contribution in [-0.4, -0.2) is 47.7 Å². The number of aliphatic hydroxyl groups is 1. The molecule has 0 amide bonds. The lowest BCUT2D eigenvalue weighted by Crippen LogP contribution is -2.65. The maximum Gasteiger partial charge on any atom is 0.462 e. The molecule has 4 rings (SSSR count). The van der Waals surface area contributed by atoms with Crippen molar-refractivity contribution < 1.29 is 28.7 Å². The van der Waals surface area contributed by atoms with E-state index in [4.69, 9.17) is 14.0 Å². The average Bonchev–Trinajstić information content (AvgIpc) is 2.95. The Bertz CT molecular complexity index is 894. The summed E-state index contributed by atoms with van der Waals surface area (Å²) in [5.74, 6) is -0.617. The molecule has 4 atom stereocenters. The van der Waals surface area contributed by atoms with Gasteiger partial charge in [-0.15, -0.1) is 0 Å². The van der Waals surface area contributed by atoms with E-state index < -0.39 is 35.3 Å². The molecule has 1 aromatic carbocycles. The topological polar surface area (TPSA) is 82.1 Å². The third-order valence-corrected chi connectivity index (χ3v) is 8.73. The second-order valence-electron chi connectivity index (χ2n) is 10.9. The lowest BCUT2D eigenvalue weighted by Gasteiger charge is -2.56. The van der Waals surface area contributed by atoms with Crippen molar-refractivity contribution in [3.63, 3.8) is 0 Å². The van der Waals surface area contributed by atoms with E-state index in [1.807, 2.05) is 34.6 Å². The molecule has 1 heterocycles. The Labute approximate surface area is 191 Å². The van der Waals surface area contributed by atoms with Gasteiger partial charge in [-0.05, 0) is 78.1 Å². The summed E-state index contributed by atoms with van der Waals surface area (Å²) >= 11 is 0. The molecule has 1 aliphatic heterocycles. The van der Waals surface area contributed by atoms with Gasteiger partial charge >= 0.3 is 7.12 Å². The lowest BCUT2D eigenvalue weighted by atomic mass is 9.43. The normalized spacial score (nSPS) is 36.0. The highest BCUT2D eigenvalue weighted by molar-refractivity contribution is 6.48. The second-order valence-corrected chi connectivity index (χ2v) is 10.9. The molecule has 2 saturated carbocycles. The first-order chi connectivity index (χ1) is 14.9. The quantitative estimate of drug-likeness (QED) is 0.555. The molecule has 2 aliphatic carbocycles. The van der Waals surface area contributed by atoms with Crippen molar-refractivity contribution in [3.8, 4) is 5.75 Å². The van der Waals surface area contributed by atoms with Crippen LogP contribution in [0, 0.1) is 11.3 Å².